The summed E-state index contributed by atoms with van der Waals surface area (Å²) in [4.78, 5) is 23.1. The number of carboxylic acid groups (broad SMARTS) is 1. The van der Waals surface area contributed by atoms with E-state index >= 15 is 0 Å². The molecule has 0 aromatic heterocycles. The van der Waals surface area contributed by atoms with Gasteiger partial charge in [0.25, 0.3) is 0 Å². The van der Waals surface area contributed by atoms with E-state index in [1.165, 1.54) is 5.56 Å². The van der Waals surface area contributed by atoms with Gasteiger partial charge in [0.1, 0.15) is 28.5 Å². The molecule has 6 nitrogen and oxygen atoms in total. The minimum Gasteiger partial charge on any atom is -0.488 e. The normalized spacial score (nSPS) is 12.1. The van der Waals surface area contributed by atoms with Gasteiger partial charge in [-0.25, -0.2) is 9.59 Å². The van der Waals surface area contributed by atoms with Crippen LogP contribution in [0.3, 0.4) is 0 Å². The van der Waals surface area contributed by atoms with Gasteiger partial charge in [-0.1, -0.05) is 33.8 Å². The summed E-state index contributed by atoms with van der Waals surface area (Å²) in [7, 11) is 0. The van der Waals surface area contributed by atoms with Gasteiger partial charge in [-0.3, -0.25) is 0 Å². The third-order valence-electron chi connectivity index (χ3n) is 6.39. The Hall–Kier alpha value is -3.10. The first-order chi connectivity index (χ1) is 20.0. The number of hydrogen-bond acceptors (Lipinski definition) is 7. The van der Waals surface area contributed by atoms with Crippen molar-refractivity contribution in [3.63, 3.8) is 0 Å². The van der Waals surface area contributed by atoms with Crippen LogP contribution in [-0.4, -0.2) is 37.7 Å². The van der Waals surface area contributed by atoms with Crippen LogP contribution in [0.2, 0.25) is 0 Å². The Morgan fingerprint density at radius 3 is 1.36 bits per heavy atom. The van der Waals surface area contributed by atoms with Crippen molar-refractivity contribution in [2.75, 3.05) is 0 Å². The summed E-state index contributed by atoms with van der Waals surface area (Å²) >= 11 is 9.08. The molecule has 0 atom stereocenters. The number of hydrogen-bond donors (Lipinski definition) is 3. The summed E-state index contributed by atoms with van der Waals surface area (Å²) in [5.41, 5.74) is 2.30. The molecule has 0 spiro atoms. The van der Waals surface area contributed by atoms with Crippen molar-refractivity contribution in [3.05, 3.63) is 89.0 Å². The van der Waals surface area contributed by atoms with Gasteiger partial charge in [0.15, 0.2) is 0 Å². The van der Waals surface area contributed by atoms with Gasteiger partial charge in [-0.05, 0) is 113 Å². The van der Waals surface area contributed by atoms with Gasteiger partial charge >= 0.3 is 11.9 Å². The SMILES string of the molecule is CC(C)(S)CC(C)(C)Oc1ccc(C(=O)O)cc1.Cc1ccc(OC(=O)c2ccc(OC(C)(C)CC(C)(C)S)cc2)cc1C. The molecular weight excluding hydrogens is 593 g/mol. The van der Waals surface area contributed by atoms with E-state index in [9.17, 15) is 9.59 Å². The number of thiol groups is 2. The van der Waals surface area contributed by atoms with Crippen LogP contribution in [-0.2, 0) is 0 Å². The highest BCUT2D eigenvalue weighted by Gasteiger charge is 2.29. The van der Waals surface area contributed by atoms with E-state index < -0.39 is 5.97 Å². The van der Waals surface area contributed by atoms with E-state index in [4.69, 9.17) is 19.3 Å². The van der Waals surface area contributed by atoms with Gasteiger partial charge in [-0.15, -0.1) is 0 Å². The van der Waals surface area contributed by atoms with Crippen LogP contribution < -0.4 is 14.2 Å². The highest BCUT2D eigenvalue weighted by Crippen LogP contribution is 2.31. The summed E-state index contributed by atoms with van der Waals surface area (Å²) in [6.45, 7) is 20.3. The second-order valence-corrected chi connectivity index (χ2v) is 16.1. The van der Waals surface area contributed by atoms with Crippen LogP contribution in [0.4, 0.5) is 0 Å². The highest BCUT2D eigenvalue weighted by atomic mass is 32.1. The van der Waals surface area contributed by atoms with Crippen molar-refractivity contribution in [2.24, 2.45) is 0 Å². The van der Waals surface area contributed by atoms with Crippen molar-refractivity contribution in [1.29, 1.82) is 0 Å². The van der Waals surface area contributed by atoms with Crippen LogP contribution in [0.1, 0.15) is 100 Å². The lowest BCUT2D eigenvalue weighted by Gasteiger charge is -2.32. The van der Waals surface area contributed by atoms with Crippen LogP contribution in [0, 0.1) is 13.8 Å². The first-order valence-corrected chi connectivity index (χ1v) is 15.5. The van der Waals surface area contributed by atoms with E-state index in [2.05, 4.69) is 39.1 Å². The molecule has 0 fully saturated rings. The molecular formula is C36H48O6S2. The van der Waals surface area contributed by atoms with E-state index in [0.29, 0.717) is 17.1 Å². The minimum atomic E-state index is -0.933. The predicted octanol–water partition coefficient (Wildman–Crippen LogP) is 9.42. The lowest BCUT2D eigenvalue weighted by atomic mass is 9.95. The topological polar surface area (TPSA) is 82.1 Å². The first-order valence-electron chi connectivity index (χ1n) is 14.6. The summed E-state index contributed by atoms with van der Waals surface area (Å²) in [6, 6.07) is 19.1. The maximum absolute atomic E-state index is 12.3. The molecule has 0 heterocycles. The Bertz CT molecular complexity index is 1400. The Kier molecular flexibility index (Phi) is 12.5. The van der Waals surface area contributed by atoms with Gasteiger partial charge in [0.05, 0.1) is 11.1 Å². The molecule has 44 heavy (non-hydrogen) atoms. The molecule has 0 saturated carbocycles. The largest absolute Gasteiger partial charge is 0.488 e. The fraction of sp³-hybridized carbons (Fsp3) is 0.444. The second-order valence-electron chi connectivity index (χ2n) is 13.7. The summed E-state index contributed by atoms with van der Waals surface area (Å²) < 4.78 is 17.1. The molecule has 0 aliphatic rings. The fourth-order valence-corrected chi connectivity index (χ4v) is 5.82. The molecule has 0 saturated heterocycles. The fourth-order valence-electron chi connectivity index (χ4n) is 5.06. The summed E-state index contributed by atoms with van der Waals surface area (Å²) in [5.74, 6) is 0.626. The summed E-state index contributed by atoms with van der Waals surface area (Å²) in [5, 5.41) is 8.81. The molecule has 0 amide bonds. The van der Waals surface area contributed by atoms with E-state index in [-0.39, 0.29) is 32.2 Å². The number of carboxylic acids is 1. The molecule has 3 aromatic rings. The van der Waals surface area contributed by atoms with Crippen LogP contribution in [0.15, 0.2) is 66.7 Å². The highest BCUT2D eigenvalue weighted by molar-refractivity contribution is 7.81. The van der Waals surface area contributed by atoms with Crippen LogP contribution in [0.25, 0.3) is 0 Å². The Labute approximate surface area is 274 Å². The lowest BCUT2D eigenvalue weighted by molar-refractivity contribution is 0.0693. The van der Waals surface area contributed by atoms with Gasteiger partial charge in [0.2, 0.25) is 0 Å². The quantitative estimate of drug-likeness (QED) is 0.110. The molecule has 3 aromatic carbocycles. The second kappa shape index (κ2) is 14.8. The number of aryl methyl sites for hydroxylation is 2. The Morgan fingerprint density at radius 2 is 1.00 bits per heavy atom. The molecule has 0 radical (unpaired) electrons. The number of carbonyl (C=O) groups is 2. The van der Waals surface area contributed by atoms with Gasteiger partial charge < -0.3 is 19.3 Å². The maximum atomic E-state index is 12.3. The zero-order chi connectivity index (χ0) is 33.5. The third-order valence-corrected chi connectivity index (χ3v) is 6.70. The average molecular weight is 641 g/mol. The smallest absolute Gasteiger partial charge is 0.343 e. The lowest BCUT2D eigenvalue weighted by Crippen LogP contribution is -2.35. The Morgan fingerprint density at radius 1 is 0.614 bits per heavy atom. The number of carbonyl (C=O) groups excluding carboxylic acids is 1. The number of rotatable bonds is 11. The van der Waals surface area contributed by atoms with Crippen LogP contribution in [0.5, 0.6) is 17.2 Å². The van der Waals surface area contributed by atoms with E-state index in [0.717, 1.165) is 24.2 Å². The van der Waals surface area contributed by atoms with Crippen LogP contribution >= 0.6 is 25.3 Å². The molecule has 0 bridgehead atoms. The van der Waals surface area contributed by atoms with E-state index in [1.807, 2.05) is 67.5 Å². The Balaban J connectivity index is 0.000000329. The first kappa shape index (κ1) is 37.1. The zero-order valence-electron chi connectivity index (χ0n) is 27.6. The number of aromatic carboxylic acids is 1. The monoisotopic (exact) mass is 640 g/mol. The molecule has 240 valence electrons. The molecule has 3 rings (SSSR count). The van der Waals surface area contributed by atoms with Crippen molar-refractivity contribution < 1.29 is 28.9 Å². The molecule has 8 heteroatoms. The number of ether oxygens (including phenoxy) is 3. The summed E-state index contributed by atoms with van der Waals surface area (Å²) in [6.07, 6.45) is 1.57. The predicted molar refractivity (Wildman–Crippen MR) is 185 cm³/mol. The number of benzene rings is 3. The van der Waals surface area contributed by atoms with Crippen molar-refractivity contribution in [2.45, 2.75) is 103 Å². The number of esters is 1. The zero-order valence-corrected chi connectivity index (χ0v) is 29.4. The molecule has 0 aliphatic carbocycles. The van der Waals surface area contributed by atoms with Crippen molar-refractivity contribution in [3.8, 4) is 17.2 Å². The average Bonchev–Trinajstić information content (AvgIpc) is 2.84. The molecule has 0 unspecified atom stereocenters. The van der Waals surface area contributed by atoms with Crippen molar-refractivity contribution >= 4 is 37.2 Å². The molecule has 0 aliphatic heterocycles. The van der Waals surface area contributed by atoms with Crippen molar-refractivity contribution in [1.82, 2.24) is 0 Å². The van der Waals surface area contributed by atoms with Gasteiger partial charge in [-0.2, -0.15) is 25.3 Å². The minimum absolute atomic E-state index is 0.121. The van der Waals surface area contributed by atoms with Gasteiger partial charge in [0, 0.05) is 22.3 Å². The third kappa shape index (κ3) is 13.7. The standard InChI is InChI=1S/C22H28O3S.C14H20O3S/c1-15-7-10-19(13-16(15)2)24-20(23)17-8-11-18(12-9-17)25-21(3,4)14-22(5,6)26;1-13(2,9-14(3,4)18)17-11-7-5-10(6-8-11)12(15)16/h7-13,26H,14H2,1-6H3;5-8,18H,9H2,1-4H3,(H,15,16). The molecule has 1 N–H and O–H groups in total. The maximum Gasteiger partial charge on any atom is 0.343 e. The van der Waals surface area contributed by atoms with E-state index in [1.54, 1.807) is 54.6 Å².